The minimum Gasteiger partial charge on any atom is -0.369 e. The van der Waals surface area contributed by atoms with Gasteiger partial charge in [0.05, 0.1) is 10.7 Å². The standard InChI is InChI=1S/C12H15ClN4O3S/c1-3-4-14-12-10(13)6-9(7-15-12)21(18,19)17-11-5-8(2)16-20-11/h5-7,17H,3-4H2,1-2H3,(H,14,15). The number of hydrogen-bond donors (Lipinski definition) is 2. The number of aromatic nitrogens is 2. The molecule has 0 fully saturated rings. The van der Waals surface area contributed by atoms with Crippen molar-refractivity contribution in [3.05, 3.63) is 29.0 Å². The summed E-state index contributed by atoms with van der Waals surface area (Å²) in [5.41, 5.74) is 0.572. The first kappa shape index (κ1) is 15.6. The molecule has 0 atom stereocenters. The van der Waals surface area contributed by atoms with Crippen LogP contribution in [0.3, 0.4) is 0 Å². The van der Waals surface area contributed by atoms with Crippen molar-refractivity contribution in [2.45, 2.75) is 25.2 Å². The Morgan fingerprint density at radius 3 is 2.71 bits per heavy atom. The number of hydrogen-bond acceptors (Lipinski definition) is 6. The number of pyridine rings is 1. The summed E-state index contributed by atoms with van der Waals surface area (Å²) in [6.07, 6.45) is 2.14. The average molecular weight is 331 g/mol. The molecular weight excluding hydrogens is 316 g/mol. The van der Waals surface area contributed by atoms with E-state index < -0.39 is 10.0 Å². The third-order valence-electron chi connectivity index (χ3n) is 2.53. The molecule has 2 N–H and O–H groups in total. The summed E-state index contributed by atoms with van der Waals surface area (Å²) in [6, 6.07) is 2.81. The van der Waals surface area contributed by atoms with Crippen LogP contribution in [-0.2, 0) is 10.0 Å². The number of halogens is 1. The second kappa shape index (κ2) is 6.31. The van der Waals surface area contributed by atoms with Gasteiger partial charge in [-0.3, -0.25) is 0 Å². The molecule has 0 aliphatic heterocycles. The molecule has 0 radical (unpaired) electrons. The zero-order valence-corrected chi connectivity index (χ0v) is 13.1. The lowest BCUT2D eigenvalue weighted by Crippen LogP contribution is -2.13. The Morgan fingerprint density at radius 1 is 1.38 bits per heavy atom. The molecule has 0 saturated carbocycles. The second-order valence-electron chi connectivity index (χ2n) is 4.37. The van der Waals surface area contributed by atoms with Gasteiger partial charge in [0.2, 0.25) is 5.88 Å². The van der Waals surface area contributed by atoms with Gasteiger partial charge in [0.25, 0.3) is 10.0 Å². The minimum absolute atomic E-state index is 0.0387. The van der Waals surface area contributed by atoms with Crippen molar-refractivity contribution in [3.63, 3.8) is 0 Å². The van der Waals surface area contributed by atoms with Crippen LogP contribution in [0, 0.1) is 6.92 Å². The van der Waals surface area contributed by atoms with Gasteiger partial charge in [0.15, 0.2) is 0 Å². The third kappa shape index (κ3) is 3.85. The minimum atomic E-state index is -3.82. The maximum atomic E-state index is 12.2. The summed E-state index contributed by atoms with van der Waals surface area (Å²) in [7, 11) is -3.82. The van der Waals surface area contributed by atoms with Crippen LogP contribution in [0.5, 0.6) is 0 Å². The highest BCUT2D eigenvalue weighted by Crippen LogP contribution is 2.24. The first-order valence-corrected chi connectivity index (χ1v) is 8.14. The van der Waals surface area contributed by atoms with E-state index in [1.165, 1.54) is 18.3 Å². The average Bonchev–Trinajstić information content (AvgIpc) is 2.82. The molecule has 7 nitrogen and oxygen atoms in total. The SMILES string of the molecule is CCCNc1ncc(S(=O)(=O)Nc2cc(C)no2)cc1Cl. The Morgan fingerprint density at radius 2 is 2.14 bits per heavy atom. The van der Waals surface area contributed by atoms with E-state index in [2.05, 4.69) is 20.2 Å². The molecular formula is C12H15ClN4O3S. The Labute approximate surface area is 127 Å². The first-order valence-electron chi connectivity index (χ1n) is 6.28. The van der Waals surface area contributed by atoms with E-state index in [4.69, 9.17) is 16.1 Å². The van der Waals surface area contributed by atoms with E-state index in [1.54, 1.807) is 6.92 Å². The molecule has 0 aromatic carbocycles. The highest BCUT2D eigenvalue weighted by atomic mass is 35.5. The van der Waals surface area contributed by atoms with Gasteiger partial charge in [-0.1, -0.05) is 23.7 Å². The highest BCUT2D eigenvalue weighted by Gasteiger charge is 2.18. The van der Waals surface area contributed by atoms with E-state index >= 15 is 0 Å². The van der Waals surface area contributed by atoms with Gasteiger partial charge < -0.3 is 9.84 Å². The number of anilines is 2. The van der Waals surface area contributed by atoms with Gasteiger partial charge in [-0.15, -0.1) is 0 Å². The van der Waals surface area contributed by atoms with Crippen molar-refractivity contribution in [1.29, 1.82) is 0 Å². The first-order chi connectivity index (χ1) is 9.92. The Bertz CT molecular complexity index is 730. The fourth-order valence-corrected chi connectivity index (χ4v) is 2.79. The molecule has 0 unspecified atom stereocenters. The molecule has 114 valence electrons. The topological polar surface area (TPSA) is 97.1 Å². The van der Waals surface area contributed by atoms with Crippen molar-refractivity contribution in [2.24, 2.45) is 0 Å². The van der Waals surface area contributed by atoms with E-state index in [-0.39, 0.29) is 15.8 Å². The normalized spacial score (nSPS) is 11.4. The van der Waals surface area contributed by atoms with Crippen LogP contribution in [0.25, 0.3) is 0 Å². The largest absolute Gasteiger partial charge is 0.369 e. The Kier molecular flexibility index (Phi) is 4.69. The number of sulfonamides is 1. The van der Waals surface area contributed by atoms with Crippen LogP contribution in [0.2, 0.25) is 5.02 Å². The predicted octanol–water partition coefficient (Wildman–Crippen LogP) is 2.65. The van der Waals surface area contributed by atoms with Gasteiger partial charge in [-0.05, 0) is 19.4 Å². The van der Waals surface area contributed by atoms with Gasteiger partial charge in [0, 0.05) is 18.8 Å². The summed E-state index contributed by atoms with van der Waals surface area (Å²) in [5, 5.41) is 6.85. The number of rotatable bonds is 6. The van der Waals surface area contributed by atoms with E-state index in [1.807, 2.05) is 6.92 Å². The number of aryl methyl sites for hydroxylation is 1. The molecule has 9 heteroatoms. The van der Waals surface area contributed by atoms with Crippen LogP contribution in [0.4, 0.5) is 11.7 Å². The Balaban J connectivity index is 2.22. The van der Waals surface area contributed by atoms with Crippen molar-refractivity contribution >= 4 is 33.3 Å². The lowest BCUT2D eigenvalue weighted by Gasteiger charge is -2.08. The lowest BCUT2D eigenvalue weighted by atomic mass is 10.4. The molecule has 2 aromatic heterocycles. The fourth-order valence-electron chi connectivity index (χ4n) is 1.54. The molecule has 2 aromatic rings. The van der Waals surface area contributed by atoms with Gasteiger partial charge in [-0.2, -0.15) is 0 Å². The van der Waals surface area contributed by atoms with E-state index in [0.717, 1.165) is 6.42 Å². The summed E-state index contributed by atoms with van der Waals surface area (Å²) in [5.74, 6) is 0.491. The zero-order chi connectivity index (χ0) is 15.5. The number of nitrogens with one attached hydrogen (secondary N) is 2. The van der Waals surface area contributed by atoms with Gasteiger partial charge >= 0.3 is 0 Å². The molecule has 0 bridgehead atoms. The van der Waals surface area contributed by atoms with Crippen molar-refractivity contribution in [3.8, 4) is 0 Å². The molecule has 0 saturated heterocycles. The molecule has 21 heavy (non-hydrogen) atoms. The van der Waals surface area contributed by atoms with E-state index in [9.17, 15) is 8.42 Å². The Hall–Kier alpha value is -1.80. The quantitative estimate of drug-likeness (QED) is 0.845. The van der Waals surface area contributed by atoms with Crippen molar-refractivity contribution in [1.82, 2.24) is 10.1 Å². The van der Waals surface area contributed by atoms with Crippen LogP contribution < -0.4 is 10.0 Å². The third-order valence-corrected chi connectivity index (χ3v) is 4.13. The van der Waals surface area contributed by atoms with Crippen LogP contribution >= 0.6 is 11.6 Å². The molecule has 0 amide bonds. The summed E-state index contributed by atoms with van der Waals surface area (Å²) in [6.45, 7) is 4.39. The molecule has 0 spiro atoms. The summed E-state index contributed by atoms with van der Waals surface area (Å²) < 4.78 is 31.4. The van der Waals surface area contributed by atoms with Crippen molar-refractivity contribution in [2.75, 3.05) is 16.6 Å². The molecule has 2 rings (SSSR count). The fraction of sp³-hybridized carbons (Fsp3) is 0.333. The van der Waals surface area contributed by atoms with E-state index in [0.29, 0.717) is 18.1 Å². The predicted molar refractivity (Wildman–Crippen MR) is 80.1 cm³/mol. The highest BCUT2D eigenvalue weighted by molar-refractivity contribution is 7.92. The maximum absolute atomic E-state index is 12.2. The summed E-state index contributed by atoms with van der Waals surface area (Å²) >= 11 is 6.03. The van der Waals surface area contributed by atoms with Crippen molar-refractivity contribution < 1.29 is 12.9 Å². The zero-order valence-electron chi connectivity index (χ0n) is 11.6. The smallest absolute Gasteiger partial charge is 0.265 e. The van der Waals surface area contributed by atoms with Crippen LogP contribution in [0.15, 0.2) is 27.7 Å². The monoisotopic (exact) mass is 330 g/mol. The number of nitrogens with zero attached hydrogens (tertiary/aromatic N) is 2. The molecule has 0 aliphatic rings. The molecule has 2 heterocycles. The van der Waals surface area contributed by atoms with Gasteiger partial charge in [0.1, 0.15) is 10.7 Å². The summed E-state index contributed by atoms with van der Waals surface area (Å²) in [4.78, 5) is 3.97. The maximum Gasteiger partial charge on any atom is 0.265 e. The van der Waals surface area contributed by atoms with Crippen LogP contribution in [-0.4, -0.2) is 25.1 Å². The second-order valence-corrected chi connectivity index (χ2v) is 6.46. The van der Waals surface area contributed by atoms with Gasteiger partial charge in [-0.25, -0.2) is 18.1 Å². The van der Waals surface area contributed by atoms with Crippen LogP contribution in [0.1, 0.15) is 19.0 Å². The molecule has 0 aliphatic carbocycles. The lowest BCUT2D eigenvalue weighted by molar-refractivity contribution is 0.430.